The molecule has 0 amide bonds. The third-order valence-corrected chi connectivity index (χ3v) is 4.37. The number of benzene rings is 1. The molecule has 0 heterocycles. The molecule has 21 heavy (non-hydrogen) atoms. The minimum absolute atomic E-state index is 0.279. The number of anilines is 1. The number of carboxylic acid groups (broad SMARTS) is 1. The van der Waals surface area contributed by atoms with Crippen LogP contribution in [0.15, 0.2) is 18.2 Å². The summed E-state index contributed by atoms with van der Waals surface area (Å²) in [4.78, 5) is 10.8. The van der Waals surface area contributed by atoms with Crippen LogP contribution in [0.5, 0.6) is 0 Å². The summed E-state index contributed by atoms with van der Waals surface area (Å²) in [7, 11) is 0. The topological polar surface area (TPSA) is 49.3 Å². The van der Waals surface area contributed by atoms with Crippen LogP contribution in [0.3, 0.4) is 0 Å². The van der Waals surface area contributed by atoms with Crippen molar-refractivity contribution >= 4 is 11.7 Å². The van der Waals surface area contributed by atoms with Gasteiger partial charge >= 0.3 is 5.97 Å². The number of aromatic carboxylic acids is 1. The SMILES string of the molecule is CC(C)CC1(CNc2ccc(C(=O)O)c(F)c2)CCCC1. The van der Waals surface area contributed by atoms with Crippen LogP contribution < -0.4 is 5.32 Å². The van der Waals surface area contributed by atoms with Crippen molar-refractivity contribution in [3.63, 3.8) is 0 Å². The summed E-state index contributed by atoms with van der Waals surface area (Å²) in [5.41, 5.74) is 0.682. The van der Waals surface area contributed by atoms with Crippen molar-refractivity contribution in [2.24, 2.45) is 11.3 Å². The third-order valence-electron chi connectivity index (χ3n) is 4.37. The smallest absolute Gasteiger partial charge is 0.338 e. The number of rotatable bonds is 6. The average molecular weight is 293 g/mol. The summed E-state index contributed by atoms with van der Waals surface area (Å²) in [5.74, 6) is -1.26. The van der Waals surface area contributed by atoms with E-state index in [0.717, 1.165) is 6.54 Å². The Morgan fingerprint density at radius 2 is 2.05 bits per heavy atom. The molecule has 2 rings (SSSR count). The van der Waals surface area contributed by atoms with Gasteiger partial charge < -0.3 is 10.4 Å². The van der Waals surface area contributed by atoms with E-state index in [1.54, 1.807) is 6.07 Å². The van der Waals surface area contributed by atoms with E-state index in [-0.39, 0.29) is 5.56 Å². The Morgan fingerprint density at radius 1 is 1.38 bits per heavy atom. The maximum atomic E-state index is 13.7. The molecule has 1 fully saturated rings. The van der Waals surface area contributed by atoms with E-state index in [1.165, 1.54) is 44.2 Å². The number of hydrogen-bond donors (Lipinski definition) is 2. The van der Waals surface area contributed by atoms with E-state index >= 15 is 0 Å². The van der Waals surface area contributed by atoms with Gasteiger partial charge in [-0.1, -0.05) is 26.7 Å². The molecular formula is C17H24FNO2. The molecule has 0 radical (unpaired) electrons. The molecule has 0 aliphatic heterocycles. The van der Waals surface area contributed by atoms with Gasteiger partial charge in [0.2, 0.25) is 0 Å². The fourth-order valence-electron chi connectivity index (χ4n) is 3.53. The number of nitrogens with one attached hydrogen (secondary N) is 1. The van der Waals surface area contributed by atoms with Gasteiger partial charge in [-0.05, 0) is 48.8 Å². The van der Waals surface area contributed by atoms with Crippen LogP contribution in [0.1, 0.15) is 56.3 Å². The fraction of sp³-hybridized carbons (Fsp3) is 0.588. The second kappa shape index (κ2) is 6.46. The van der Waals surface area contributed by atoms with Gasteiger partial charge in [-0.25, -0.2) is 9.18 Å². The zero-order valence-electron chi connectivity index (χ0n) is 12.8. The lowest BCUT2D eigenvalue weighted by atomic mass is 9.78. The Morgan fingerprint density at radius 3 is 2.57 bits per heavy atom. The van der Waals surface area contributed by atoms with E-state index in [4.69, 9.17) is 5.11 Å². The van der Waals surface area contributed by atoms with Crippen LogP contribution >= 0.6 is 0 Å². The van der Waals surface area contributed by atoms with Gasteiger partial charge in [0.15, 0.2) is 0 Å². The molecule has 1 aromatic carbocycles. The first-order chi connectivity index (χ1) is 9.92. The molecule has 1 saturated carbocycles. The van der Waals surface area contributed by atoms with Crippen LogP contribution in [-0.4, -0.2) is 17.6 Å². The summed E-state index contributed by atoms with van der Waals surface area (Å²) in [5, 5.41) is 12.1. The van der Waals surface area contributed by atoms with Gasteiger partial charge in [0.1, 0.15) is 5.82 Å². The molecule has 0 spiro atoms. The maximum Gasteiger partial charge on any atom is 0.338 e. The summed E-state index contributed by atoms with van der Waals surface area (Å²) in [6.45, 7) is 5.31. The molecule has 1 aliphatic carbocycles. The van der Waals surface area contributed by atoms with E-state index in [9.17, 15) is 9.18 Å². The summed E-state index contributed by atoms with van der Waals surface area (Å²) >= 11 is 0. The minimum Gasteiger partial charge on any atom is -0.478 e. The second-order valence-electron chi connectivity index (χ2n) is 6.66. The summed E-state index contributed by atoms with van der Waals surface area (Å²) in [6.07, 6.45) is 6.14. The lowest BCUT2D eigenvalue weighted by molar-refractivity contribution is 0.0692. The van der Waals surface area contributed by atoms with Crippen molar-refractivity contribution in [1.29, 1.82) is 0 Å². The summed E-state index contributed by atoms with van der Waals surface area (Å²) in [6, 6.07) is 4.25. The fourth-order valence-corrected chi connectivity index (χ4v) is 3.53. The monoisotopic (exact) mass is 293 g/mol. The number of carbonyl (C=O) groups is 1. The van der Waals surface area contributed by atoms with Crippen LogP contribution in [0.2, 0.25) is 0 Å². The standard InChI is InChI=1S/C17H24FNO2/c1-12(2)10-17(7-3-4-8-17)11-19-13-5-6-14(16(20)21)15(18)9-13/h5-6,9,12,19H,3-4,7-8,10-11H2,1-2H3,(H,20,21). The molecule has 0 aromatic heterocycles. The van der Waals surface area contributed by atoms with Crippen molar-refractivity contribution in [2.45, 2.75) is 46.0 Å². The lowest BCUT2D eigenvalue weighted by Gasteiger charge is -2.31. The number of carboxylic acids is 1. The maximum absolute atomic E-state index is 13.7. The lowest BCUT2D eigenvalue weighted by Crippen LogP contribution is -2.28. The Bertz CT molecular complexity index is 508. The molecule has 4 heteroatoms. The van der Waals surface area contributed by atoms with Crippen molar-refractivity contribution in [2.75, 3.05) is 11.9 Å². The van der Waals surface area contributed by atoms with Gasteiger partial charge in [0.05, 0.1) is 5.56 Å². The Hall–Kier alpha value is -1.58. The van der Waals surface area contributed by atoms with Crippen LogP contribution in [0, 0.1) is 17.2 Å². The number of halogens is 1. The predicted molar refractivity (Wildman–Crippen MR) is 82.2 cm³/mol. The van der Waals surface area contributed by atoms with Crippen molar-refractivity contribution < 1.29 is 14.3 Å². The summed E-state index contributed by atoms with van der Waals surface area (Å²) < 4.78 is 13.7. The van der Waals surface area contributed by atoms with Gasteiger partial charge in [0.25, 0.3) is 0 Å². The average Bonchev–Trinajstić information content (AvgIpc) is 2.84. The van der Waals surface area contributed by atoms with E-state index in [1.807, 2.05) is 0 Å². The quantitative estimate of drug-likeness (QED) is 0.809. The first-order valence-corrected chi connectivity index (χ1v) is 7.69. The van der Waals surface area contributed by atoms with Gasteiger partial charge in [-0.3, -0.25) is 0 Å². The van der Waals surface area contributed by atoms with Gasteiger partial charge in [-0.2, -0.15) is 0 Å². The Kier molecular flexibility index (Phi) is 4.86. The van der Waals surface area contributed by atoms with Crippen molar-refractivity contribution in [1.82, 2.24) is 0 Å². The van der Waals surface area contributed by atoms with Crippen molar-refractivity contribution in [3.8, 4) is 0 Å². The second-order valence-corrected chi connectivity index (χ2v) is 6.66. The van der Waals surface area contributed by atoms with E-state index in [0.29, 0.717) is 17.0 Å². The molecule has 1 aromatic rings. The first kappa shape index (κ1) is 15.8. The highest BCUT2D eigenvalue weighted by Gasteiger charge is 2.34. The molecule has 0 saturated heterocycles. The van der Waals surface area contributed by atoms with Crippen LogP contribution in [0.25, 0.3) is 0 Å². The first-order valence-electron chi connectivity index (χ1n) is 7.69. The molecule has 2 N–H and O–H groups in total. The highest BCUT2D eigenvalue weighted by Crippen LogP contribution is 2.43. The highest BCUT2D eigenvalue weighted by molar-refractivity contribution is 5.88. The Labute approximate surface area is 125 Å². The molecular weight excluding hydrogens is 269 g/mol. The molecule has 0 unspecified atom stereocenters. The van der Waals surface area contributed by atoms with Gasteiger partial charge in [-0.15, -0.1) is 0 Å². The molecule has 1 aliphatic rings. The van der Waals surface area contributed by atoms with E-state index in [2.05, 4.69) is 19.2 Å². The van der Waals surface area contributed by atoms with Crippen molar-refractivity contribution in [3.05, 3.63) is 29.6 Å². The molecule has 0 atom stereocenters. The molecule has 0 bridgehead atoms. The van der Waals surface area contributed by atoms with Crippen LogP contribution in [0.4, 0.5) is 10.1 Å². The van der Waals surface area contributed by atoms with E-state index < -0.39 is 11.8 Å². The minimum atomic E-state index is -1.23. The van der Waals surface area contributed by atoms with Crippen LogP contribution in [-0.2, 0) is 0 Å². The van der Waals surface area contributed by atoms with Gasteiger partial charge in [0, 0.05) is 12.2 Å². The third kappa shape index (κ3) is 3.96. The largest absolute Gasteiger partial charge is 0.478 e. The predicted octanol–water partition coefficient (Wildman–Crippen LogP) is 4.54. The highest BCUT2D eigenvalue weighted by atomic mass is 19.1. The molecule has 116 valence electrons. The zero-order chi connectivity index (χ0) is 15.5. The zero-order valence-corrected chi connectivity index (χ0v) is 12.8. The number of hydrogen-bond acceptors (Lipinski definition) is 2. The Balaban J connectivity index is 2.04. The molecule has 3 nitrogen and oxygen atoms in total. The normalized spacial score (nSPS) is 17.1.